The number of hydrogen-bond acceptors (Lipinski definition) is 8. The lowest BCUT2D eigenvalue weighted by Gasteiger charge is -2.59. The first kappa shape index (κ1) is 23.7. The Kier molecular flexibility index (Phi) is 6.39. The molecule has 186 valence electrons. The van der Waals surface area contributed by atoms with Gasteiger partial charge in [-0.3, -0.25) is 14.6 Å². The molecule has 1 aromatic heterocycles. The summed E-state index contributed by atoms with van der Waals surface area (Å²) >= 11 is 0. The molecule has 0 unspecified atom stereocenters. The number of carbonyl (C=O) groups excluding carboxylic acids is 2. The number of aromatic nitrogens is 1. The molecule has 2 bridgehead atoms. The third-order valence-corrected chi connectivity index (χ3v) is 8.14. The first-order valence-corrected chi connectivity index (χ1v) is 12.4. The molecule has 9 heteroatoms. The molecule has 0 radical (unpaired) electrons. The Morgan fingerprint density at radius 3 is 2.71 bits per heavy atom. The predicted octanol–water partition coefficient (Wildman–Crippen LogP) is 3.23. The number of esters is 1. The molecule has 1 spiro atoms. The summed E-state index contributed by atoms with van der Waals surface area (Å²) in [6.45, 7) is 6.55. The summed E-state index contributed by atoms with van der Waals surface area (Å²) in [6, 6.07) is 3.66. The van der Waals surface area contributed by atoms with Crippen molar-refractivity contribution in [1.82, 2.24) is 10.3 Å². The smallest absolute Gasteiger partial charge is 0.308 e. The van der Waals surface area contributed by atoms with Gasteiger partial charge < -0.3 is 19.5 Å². The molecule has 1 aliphatic carbocycles. The second kappa shape index (κ2) is 9.18. The normalized spacial score (nSPS) is 40.7. The molecule has 8 atom stereocenters. The summed E-state index contributed by atoms with van der Waals surface area (Å²) in [5, 5.41) is 2.81. The van der Waals surface area contributed by atoms with E-state index in [9.17, 15) is 9.59 Å². The van der Waals surface area contributed by atoms with E-state index in [0.29, 0.717) is 12.5 Å². The summed E-state index contributed by atoms with van der Waals surface area (Å²) in [7, 11) is 0. The van der Waals surface area contributed by atoms with Crippen LogP contribution in [0.3, 0.4) is 0 Å². The first-order chi connectivity index (χ1) is 16.3. The Hall–Kier alpha value is -2.07. The van der Waals surface area contributed by atoms with Crippen LogP contribution >= 0.6 is 0 Å². The maximum absolute atomic E-state index is 12.6. The first-order valence-electron chi connectivity index (χ1n) is 12.4. The minimum atomic E-state index is -0.875. The number of fused-ring (bicyclic) bond motifs is 2. The molecule has 4 saturated heterocycles. The van der Waals surface area contributed by atoms with Crippen molar-refractivity contribution in [3.05, 3.63) is 30.1 Å². The van der Waals surface area contributed by atoms with Gasteiger partial charge in [-0.25, -0.2) is 9.78 Å². The topological polar surface area (TPSA) is 105 Å². The van der Waals surface area contributed by atoms with Gasteiger partial charge >= 0.3 is 5.97 Å². The van der Waals surface area contributed by atoms with E-state index < -0.39 is 29.9 Å². The molecule has 1 amide bonds. The quantitative estimate of drug-likeness (QED) is 0.495. The highest BCUT2D eigenvalue weighted by Gasteiger charge is 2.69. The van der Waals surface area contributed by atoms with Crippen molar-refractivity contribution in [1.29, 1.82) is 0 Å². The van der Waals surface area contributed by atoms with Crippen LogP contribution in [0.15, 0.2) is 24.5 Å². The van der Waals surface area contributed by atoms with E-state index in [4.69, 9.17) is 24.0 Å². The van der Waals surface area contributed by atoms with Gasteiger partial charge in [-0.2, -0.15) is 0 Å². The van der Waals surface area contributed by atoms with Crippen LogP contribution in [0.2, 0.25) is 0 Å². The maximum atomic E-state index is 12.6. The van der Waals surface area contributed by atoms with Crippen LogP contribution < -0.4 is 5.32 Å². The fraction of sp³-hybridized carbons (Fsp3) is 0.720. The van der Waals surface area contributed by atoms with E-state index in [1.54, 1.807) is 12.4 Å². The van der Waals surface area contributed by atoms with Crippen LogP contribution in [0.5, 0.6) is 0 Å². The Morgan fingerprint density at radius 2 is 1.91 bits per heavy atom. The molecule has 1 aromatic rings. The van der Waals surface area contributed by atoms with Crippen LogP contribution in [0, 0.1) is 23.7 Å². The van der Waals surface area contributed by atoms with Crippen LogP contribution in [0.1, 0.15) is 64.9 Å². The van der Waals surface area contributed by atoms with E-state index in [2.05, 4.69) is 17.2 Å². The van der Waals surface area contributed by atoms with Gasteiger partial charge in [0, 0.05) is 43.6 Å². The molecule has 9 nitrogen and oxygen atoms in total. The number of rotatable bonds is 6. The molecule has 6 rings (SSSR count). The largest absolute Gasteiger partial charge is 0.435 e. The van der Waals surface area contributed by atoms with E-state index in [1.807, 2.05) is 26.0 Å². The highest BCUT2D eigenvalue weighted by Crippen LogP contribution is 2.60. The van der Waals surface area contributed by atoms with Gasteiger partial charge in [0.15, 0.2) is 11.9 Å². The lowest BCUT2D eigenvalue weighted by atomic mass is 9.58. The van der Waals surface area contributed by atoms with Crippen LogP contribution in [0.25, 0.3) is 0 Å². The van der Waals surface area contributed by atoms with E-state index >= 15 is 0 Å². The fourth-order valence-electron chi connectivity index (χ4n) is 6.20. The molecule has 4 aliphatic heterocycles. The van der Waals surface area contributed by atoms with Gasteiger partial charge in [0.25, 0.3) is 0 Å². The van der Waals surface area contributed by atoms with Gasteiger partial charge in [0.2, 0.25) is 18.0 Å². The van der Waals surface area contributed by atoms with Crippen molar-refractivity contribution < 1.29 is 33.6 Å². The van der Waals surface area contributed by atoms with Gasteiger partial charge in [-0.15, -0.1) is 0 Å². The van der Waals surface area contributed by atoms with E-state index in [0.717, 1.165) is 31.2 Å². The minimum Gasteiger partial charge on any atom is -0.435 e. The second-order valence-electron chi connectivity index (χ2n) is 10.4. The summed E-state index contributed by atoms with van der Waals surface area (Å²) in [4.78, 5) is 40.7. The number of ether oxygens (including phenoxy) is 3. The maximum Gasteiger partial charge on any atom is 0.308 e. The molecule has 5 aliphatic rings. The van der Waals surface area contributed by atoms with Crippen LogP contribution in [-0.4, -0.2) is 40.8 Å². The van der Waals surface area contributed by atoms with Gasteiger partial charge in [-0.05, 0) is 55.7 Å². The van der Waals surface area contributed by atoms with Gasteiger partial charge in [0.1, 0.15) is 0 Å². The number of pyridine rings is 1. The summed E-state index contributed by atoms with van der Waals surface area (Å²) < 4.78 is 18.3. The van der Waals surface area contributed by atoms with Crippen molar-refractivity contribution in [3.63, 3.8) is 0 Å². The molecule has 1 saturated carbocycles. The van der Waals surface area contributed by atoms with Crippen molar-refractivity contribution in [3.8, 4) is 0 Å². The zero-order valence-electron chi connectivity index (χ0n) is 20.0. The molecule has 5 fully saturated rings. The van der Waals surface area contributed by atoms with Gasteiger partial charge in [0.05, 0.1) is 6.42 Å². The molecule has 34 heavy (non-hydrogen) atoms. The number of amides is 1. The van der Waals surface area contributed by atoms with Crippen molar-refractivity contribution >= 4 is 11.9 Å². The third-order valence-electron chi connectivity index (χ3n) is 8.14. The standard InChI is InChI=1S/C25H34N2O7/c1-15-4-5-19-16(2)22(31-23-25(19)18(15)8-11-24(3,32-23)33-34-25)30-21(29)7-6-20(28)27-14-17-9-12-26-13-10-17/h9-10,12-13,15-16,18-19,22-23H,4-8,11,14H2,1-3H3,(H,27,28)/t15-,16-,18+,19+,22-,23-,24+,25+/m1/s1. The van der Waals surface area contributed by atoms with Crippen LogP contribution in [-0.2, 0) is 40.1 Å². The molecular formula is C25H34N2O7. The molecule has 1 N–H and O–H groups in total. The van der Waals surface area contributed by atoms with Crippen molar-refractivity contribution in [2.24, 2.45) is 23.7 Å². The van der Waals surface area contributed by atoms with E-state index in [1.165, 1.54) is 0 Å². The fourth-order valence-corrected chi connectivity index (χ4v) is 6.20. The Labute approximate surface area is 199 Å². The monoisotopic (exact) mass is 474 g/mol. The zero-order valence-corrected chi connectivity index (χ0v) is 20.0. The van der Waals surface area contributed by atoms with Crippen LogP contribution in [0.4, 0.5) is 0 Å². The molecule has 5 heterocycles. The highest BCUT2D eigenvalue weighted by molar-refractivity contribution is 5.81. The van der Waals surface area contributed by atoms with Gasteiger partial charge in [-0.1, -0.05) is 13.8 Å². The molecule has 0 aromatic carbocycles. The summed E-state index contributed by atoms with van der Waals surface area (Å²) in [5.74, 6) is -0.843. The lowest BCUT2D eigenvalue weighted by molar-refractivity contribution is -0.576. The Morgan fingerprint density at radius 1 is 1.12 bits per heavy atom. The predicted molar refractivity (Wildman–Crippen MR) is 118 cm³/mol. The van der Waals surface area contributed by atoms with E-state index in [-0.39, 0.29) is 36.5 Å². The summed E-state index contributed by atoms with van der Waals surface area (Å²) in [5.41, 5.74) is 0.255. The van der Waals surface area contributed by atoms with Crippen molar-refractivity contribution in [2.75, 3.05) is 0 Å². The second-order valence-corrected chi connectivity index (χ2v) is 10.4. The SMILES string of the molecule is C[C@H]1[C@H](OC(=O)CCC(=O)NCc2ccncc2)O[C@@H]2O[C@]3(C)CC[C@H]4[C@H](C)CC[C@@H]1[C@]24OO3. The highest BCUT2D eigenvalue weighted by atomic mass is 17.3. The number of carbonyl (C=O) groups is 2. The minimum absolute atomic E-state index is 0.0208. The average molecular weight is 475 g/mol. The Bertz CT molecular complexity index is 914. The molecular weight excluding hydrogens is 440 g/mol. The Balaban J connectivity index is 1.20. The lowest BCUT2D eigenvalue weighted by Crippen LogP contribution is -2.70. The number of nitrogens with one attached hydrogen (secondary N) is 1. The van der Waals surface area contributed by atoms with Crippen molar-refractivity contribution in [2.45, 2.75) is 89.8 Å². The zero-order chi connectivity index (χ0) is 23.9. The third kappa shape index (κ3) is 4.23. The number of nitrogens with zero attached hydrogens (tertiary/aromatic N) is 1. The summed E-state index contributed by atoms with van der Waals surface area (Å²) in [6.07, 6.45) is 5.62. The number of hydrogen-bond donors (Lipinski definition) is 1. The average Bonchev–Trinajstić information content (AvgIpc) is 3.06.